The van der Waals surface area contributed by atoms with Gasteiger partial charge in [-0.2, -0.15) is 0 Å². The highest BCUT2D eigenvalue weighted by Gasteiger charge is 2.21. The molecule has 0 saturated carbocycles. The second kappa shape index (κ2) is 7.05. The van der Waals surface area contributed by atoms with Crippen molar-refractivity contribution in [1.29, 1.82) is 0 Å². The zero-order valence-electron chi connectivity index (χ0n) is 12.9. The van der Waals surface area contributed by atoms with Crippen LogP contribution in [0.5, 0.6) is 0 Å². The van der Waals surface area contributed by atoms with Crippen LogP contribution in [0.4, 0.5) is 5.69 Å². The average Bonchev–Trinajstić information content (AvgIpc) is 3.01. The predicted octanol–water partition coefficient (Wildman–Crippen LogP) is 2.07. The van der Waals surface area contributed by atoms with Gasteiger partial charge in [0.25, 0.3) is 0 Å². The van der Waals surface area contributed by atoms with Crippen molar-refractivity contribution in [3.63, 3.8) is 0 Å². The number of carbonyl (C=O) groups is 2. The topological polar surface area (TPSA) is 62.3 Å². The largest absolute Gasteiger partial charge is 0.352 e. The van der Waals surface area contributed by atoms with Crippen LogP contribution < -0.4 is 10.2 Å². The smallest absolute Gasteiger partial charge is 0.227 e. The Morgan fingerprint density at radius 3 is 2.48 bits per heavy atom. The molecule has 1 aromatic heterocycles. The van der Waals surface area contributed by atoms with E-state index in [1.807, 2.05) is 36.4 Å². The summed E-state index contributed by atoms with van der Waals surface area (Å²) in [6.45, 7) is 1.28. The molecule has 2 amide bonds. The van der Waals surface area contributed by atoms with E-state index in [-0.39, 0.29) is 11.8 Å². The summed E-state index contributed by atoms with van der Waals surface area (Å²) in [6.07, 6.45) is 5.29. The van der Waals surface area contributed by atoms with Crippen molar-refractivity contribution in [2.45, 2.75) is 25.8 Å². The van der Waals surface area contributed by atoms with E-state index in [0.29, 0.717) is 19.4 Å². The van der Waals surface area contributed by atoms with Gasteiger partial charge in [0, 0.05) is 37.6 Å². The lowest BCUT2D eigenvalue weighted by Crippen LogP contribution is -2.25. The minimum atomic E-state index is -0.0215. The molecule has 1 saturated heterocycles. The predicted molar refractivity (Wildman–Crippen MR) is 87.8 cm³/mol. The second-order valence-electron chi connectivity index (χ2n) is 5.62. The number of benzene rings is 1. The van der Waals surface area contributed by atoms with Crippen LogP contribution >= 0.6 is 0 Å². The molecule has 0 aliphatic carbocycles. The fraction of sp³-hybridized carbons (Fsp3) is 0.278. The lowest BCUT2D eigenvalue weighted by molar-refractivity contribution is -0.120. The number of nitrogens with zero attached hydrogens (tertiary/aromatic N) is 2. The van der Waals surface area contributed by atoms with E-state index in [1.54, 1.807) is 17.3 Å². The van der Waals surface area contributed by atoms with E-state index in [9.17, 15) is 9.59 Å². The molecule has 1 N–H and O–H groups in total. The van der Waals surface area contributed by atoms with Crippen LogP contribution in [0.3, 0.4) is 0 Å². The Kier molecular flexibility index (Phi) is 4.66. The molecule has 2 heterocycles. The van der Waals surface area contributed by atoms with Crippen LogP contribution in [-0.4, -0.2) is 23.3 Å². The average molecular weight is 309 g/mol. The number of hydrogen-bond donors (Lipinski definition) is 1. The Bertz CT molecular complexity index is 683. The van der Waals surface area contributed by atoms with E-state index in [1.165, 1.54) is 0 Å². The van der Waals surface area contributed by atoms with Gasteiger partial charge in [-0.25, -0.2) is 0 Å². The summed E-state index contributed by atoms with van der Waals surface area (Å²) in [4.78, 5) is 29.4. The molecule has 1 fully saturated rings. The number of rotatable bonds is 5. The Morgan fingerprint density at radius 1 is 1.09 bits per heavy atom. The summed E-state index contributed by atoms with van der Waals surface area (Å²) in [7, 11) is 0. The minimum absolute atomic E-state index is 0.0215. The quantitative estimate of drug-likeness (QED) is 0.919. The molecule has 118 valence electrons. The van der Waals surface area contributed by atoms with Gasteiger partial charge in [-0.1, -0.05) is 12.1 Å². The maximum atomic E-state index is 12.0. The summed E-state index contributed by atoms with van der Waals surface area (Å²) in [5.74, 6) is 0.152. The SMILES string of the molecule is O=C(Cc1ccc(N2CCCC2=O)cc1)NCc1ccncc1. The zero-order valence-corrected chi connectivity index (χ0v) is 12.9. The van der Waals surface area contributed by atoms with Crippen molar-refractivity contribution in [2.75, 3.05) is 11.4 Å². The molecule has 1 aliphatic heterocycles. The highest BCUT2D eigenvalue weighted by molar-refractivity contribution is 5.95. The zero-order chi connectivity index (χ0) is 16.1. The van der Waals surface area contributed by atoms with Gasteiger partial charge in [0.1, 0.15) is 0 Å². The van der Waals surface area contributed by atoms with Crippen LogP contribution in [0.2, 0.25) is 0 Å². The maximum absolute atomic E-state index is 12.0. The second-order valence-corrected chi connectivity index (χ2v) is 5.62. The normalized spacial score (nSPS) is 14.1. The first-order valence-electron chi connectivity index (χ1n) is 7.77. The van der Waals surface area contributed by atoms with E-state index in [2.05, 4.69) is 10.3 Å². The van der Waals surface area contributed by atoms with E-state index >= 15 is 0 Å². The maximum Gasteiger partial charge on any atom is 0.227 e. The Hall–Kier alpha value is -2.69. The number of amides is 2. The van der Waals surface area contributed by atoms with E-state index in [4.69, 9.17) is 0 Å². The highest BCUT2D eigenvalue weighted by atomic mass is 16.2. The summed E-state index contributed by atoms with van der Waals surface area (Å²) in [5, 5.41) is 2.89. The Morgan fingerprint density at radius 2 is 1.83 bits per heavy atom. The summed E-state index contributed by atoms with van der Waals surface area (Å²) < 4.78 is 0. The molecule has 0 atom stereocenters. The molecule has 0 spiro atoms. The van der Waals surface area contributed by atoms with Crippen molar-refractivity contribution >= 4 is 17.5 Å². The first kappa shape index (κ1) is 15.2. The van der Waals surface area contributed by atoms with Gasteiger partial charge in [-0.15, -0.1) is 0 Å². The van der Waals surface area contributed by atoms with Crippen LogP contribution in [0.25, 0.3) is 0 Å². The van der Waals surface area contributed by atoms with Crippen LogP contribution in [-0.2, 0) is 22.6 Å². The van der Waals surface area contributed by atoms with E-state index < -0.39 is 0 Å². The summed E-state index contributed by atoms with van der Waals surface area (Å²) >= 11 is 0. The minimum Gasteiger partial charge on any atom is -0.352 e. The molecule has 0 bridgehead atoms. The monoisotopic (exact) mass is 309 g/mol. The van der Waals surface area contributed by atoms with Gasteiger partial charge in [-0.3, -0.25) is 14.6 Å². The lowest BCUT2D eigenvalue weighted by Gasteiger charge is -2.15. The number of nitrogens with one attached hydrogen (secondary N) is 1. The highest BCUT2D eigenvalue weighted by Crippen LogP contribution is 2.21. The third kappa shape index (κ3) is 3.94. The van der Waals surface area contributed by atoms with Crippen molar-refractivity contribution in [2.24, 2.45) is 0 Å². The molecular weight excluding hydrogens is 290 g/mol. The molecule has 0 radical (unpaired) electrons. The molecule has 23 heavy (non-hydrogen) atoms. The number of aromatic nitrogens is 1. The summed E-state index contributed by atoms with van der Waals surface area (Å²) in [6, 6.07) is 11.4. The van der Waals surface area contributed by atoms with Crippen molar-refractivity contribution in [3.05, 3.63) is 59.9 Å². The third-order valence-corrected chi connectivity index (χ3v) is 3.93. The Balaban J connectivity index is 1.53. The molecule has 1 aliphatic rings. The van der Waals surface area contributed by atoms with Gasteiger partial charge in [-0.05, 0) is 41.8 Å². The number of pyridine rings is 1. The lowest BCUT2D eigenvalue weighted by atomic mass is 10.1. The number of hydrogen-bond acceptors (Lipinski definition) is 3. The number of anilines is 1. The molecule has 5 heteroatoms. The van der Waals surface area contributed by atoms with Crippen molar-refractivity contribution < 1.29 is 9.59 Å². The van der Waals surface area contributed by atoms with Gasteiger partial charge < -0.3 is 10.2 Å². The molecule has 3 rings (SSSR count). The van der Waals surface area contributed by atoms with Gasteiger partial charge >= 0.3 is 0 Å². The van der Waals surface area contributed by atoms with Crippen molar-refractivity contribution in [3.8, 4) is 0 Å². The van der Waals surface area contributed by atoms with Gasteiger partial charge in [0.2, 0.25) is 11.8 Å². The first-order chi connectivity index (χ1) is 11.2. The number of carbonyl (C=O) groups excluding carboxylic acids is 2. The molecular formula is C18H19N3O2. The molecule has 5 nitrogen and oxygen atoms in total. The fourth-order valence-corrected chi connectivity index (χ4v) is 2.66. The van der Waals surface area contributed by atoms with Crippen molar-refractivity contribution in [1.82, 2.24) is 10.3 Å². The van der Waals surface area contributed by atoms with Crippen LogP contribution in [0.15, 0.2) is 48.8 Å². The van der Waals surface area contributed by atoms with Gasteiger partial charge in [0.15, 0.2) is 0 Å². The third-order valence-electron chi connectivity index (χ3n) is 3.93. The van der Waals surface area contributed by atoms with Gasteiger partial charge in [0.05, 0.1) is 6.42 Å². The molecule has 1 aromatic carbocycles. The first-order valence-corrected chi connectivity index (χ1v) is 7.77. The Labute approximate surface area is 135 Å². The van der Waals surface area contributed by atoms with Crippen LogP contribution in [0, 0.1) is 0 Å². The standard InChI is InChI=1S/C18H19N3O2/c22-17(20-13-15-7-9-19-10-8-15)12-14-3-5-16(6-4-14)21-11-1-2-18(21)23/h3-10H,1-2,11-13H2,(H,20,22). The fourth-order valence-electron chi connectivity index (χ4n) is 2.66. The molecule has 0 unspecified atom stereocenters. The van der Waals surface area contributed by atoms with E-state index in [0.717, 1.165) is 29.8 Å². The molecule has 2 aromatic rings. The summed E-state index contributed by atoms with van der Waals surface area (Å²) in [5.41, 5.74) is 2.87. The van der Waals surface area contributed by atoms with Crippen LogP contribution in [0.1, 0.15) is 24.0 Å².